The second-order valence-electron chi connectivity index (χ2n) is 6.59. The van der Waals surface area contributed by atoms with Crippen LogP contribution in [0, 0.1) is 0 Å². The smallest absolute Gasteiger partial charge is 0.336 e. The zero-order chi connectivity index (χ0) is 18.7. The first kappa shape index (κ1) is 18.0. The van der Waals surface area contributed by atoms with E-state index in [-0.39, 0.29) is 6.61 Å². The maximum absolute atomic E-state index is 11.6. The third-order valence-electron chi connectivity index (χ3n) is 4.00. The molecule has 136 valence electrons. The summed E-state index contributed by atoms with van der Waals surface area (Å²) in [5.41, 5.74) is 2.56. The molecule has 1 N–H and O–H groups in total. The van der Waals surface area contributed by atoms with Crippen molar-refractivity contribution in [3.63, 3.8) is 0 Å². The molecule has 0 radical (unpaired) electrons. The molecule has 5 heteroatoms. The van der Waals surface area contributed by atoms with E-state index in [4.69, 9.17) is 13.6 Å². The minimum atomic E-state index is -0.511. The number of ether oxygens (including phenoxy) is 1. The van der Waals surface area contributed by atoms with Gasteiger partial charge in [-0.25, -0.2) is 4.79 Å². The second-order valence-corrected chi connectivity index (χ2v) is 6.59. The average Bonchev–Trinajstić information content (AvgIpc) is 3.01. The Morgan fingerprint density at radius 2 is 1.96 bits per heavy atom. The highest BCUT2D eigenvalue weighted by atomic mass is 16.5. The molecule has 0 saturated carbocycles. The molecule has 0 aliphatic carbocycles. The summed E-state index contributed by atoms with van der Waals surface area (Å²) < 4.78 is 16.7. The van der Waals surface area contributed by atoms with Crippen molar-refractivity contribution in [1.29, 1.82) is 0 Å². The lowest BCUT2D eigenvalue weighted by Gasteiger charge is -2.09. The van der Waals surface area contributed by atoms with Gasteiger partial charge >= 0.3 is 5.63 Å². The number of hydrogen-bond donors (Lipinski definition) is 1. The number of aliphatic hydroxyl groups is 1. The molecule has 2 aromatic heterocycles. The summed E-state index contributed by atoms with van der Waals surface area (Å²) in [6.45, 7) is 6.13. The highest BCUT2D eigenvalue weighted by Gasteiger charge is 2.14. The monoisotopic (exact) mass is 354 g/mol. The van der Waals surface area contributed by atoms with Crippen LogP contribution in [0.15, 0.2) is 67.5 Å². The third kappa shape index (κ3) is 4.06. The van der Waals surface area contributed by atoms with Crippen molar-refractivity contribution < 1.29 is 18.7 Å². The van der Waals surface area contributed by atoms with E-state index in [9.17, 15) is 9.90 Å². The van der Waals surface area contributed by atoms with Crippen LogP contribution in [-0.4, -0.2) is 17.8 Å². The van der Waals surface area contributed by atoms with Crippen LogP contribution in [0.4, 0.5) is 0 Å². The van der Waals surface area contributed by atoms with Gasteiger partial charge in [0.15, 0.2) is 11.2 Å². The van der Waals surface area contributed by atoms with E-state index in [1.165, 1.54) is 6.07 Å². The lowest BCUT2D eigenvalue weighted by molar-refractivity contribution is 0.222. The summed E-state index contributed by atoms with van der Waals surface area (Å²) in [6, 6.07) is 6.81. The molecule has 0 bridgehead atoms. The molecule has 3 aromatic rings. The first-order valence-electron chi connectivity index (χ1n) is 8.49. The van der Waals surface area contributed by atoms with Crippen LogP contribution in [0.2, 0.25) is 0 Å². The molecule has 0 amide bonds. The van der Waals surface area contributed by atoms with E-state index < -0.39 is 11.7 Å². The number of benzene rings is 1. The normalized spacial score (nSPS) is 13.2. The predicted octanol–water partition coefficient (Wildman–Crippen LogP) is 4.58. The fourth-order valence-corrected chi connectivity index (χ4v) is 2.86. The number of furan rings is 1. The van der Waals surface area contributed by atoms with Crippen LogP contribution in [0.1, 0.15) is 27.2 Å². The summed E-state index contributed by atoms with van der Waals surface area (Å²) in [5.74, 6) is 0.411. The van der Waals surface area contributed by atoms with Crippen molar-refractivity contribution in [3.05, 3.63) is 64.2 Å². The molecular weight excluding hydrogens is 332 g/mol. The van der Waals surface area contributed by atoms with E-state index >= 15 is 0 Å². The summed E-state index contributed by atoms with van der Waals surface area (Å²) in [5, 5.41) is 11.6. The van der Waals surface area contributed by atoms with Crippen molar-refractivity contribution in [2.24, 2.45) is 0 Å². The van der Waals surface area contributed by atoms with Crippen molar-refractivity contribution in [3.8, 4) is 5.75 Å². The lowest BCUT2D eigenvalue weighted by atomic mass is 10.1. The summed E-state index contributed by atoms with van der Waals surface area (Å²) >= 11 is 0. The lowest BCUT2D eigenvalue weighted by Crippen LogP contribution is -2.04. The minimum absolute atomic E-state index is 0.279. The number of rotatable bonds is 6. The van der Waals surface area contributed by atoms with Crippen molar-refractivity contribution in [2.45, 2.75) is 33.3 Å². The Morgan fingerprint density at radius 1 is 1.19 bits per heavy atom. The van der Waals surface area contributed by atoms with Gasteiger partial charge in [0.05, 0.1) is 12.4 Å². The second kappa shape index (κ2) is 7.62. The number of hydrogen-bond acceptors (Lipinski definition) is 5. The van der Waals surface area contributed by atoms with Gasteiger partial charge in [0, 0.05) is 16.8 Å². The summed E-state index contributed by atoms with van der Waals surface area (Å²) in [4.78, 5) is 11.6. The molecule has 0 saturated heterocycles. The average molecular weight is 354 g/mol. The van der Waals surface area contributed by atoms with Gasteiger partial charge in [-0.05, 0) is 51.5 Å². The first-order valence-corrected chi connectivity index (χ1v) is 8.49. The van der Waals surface area contributed by atoms with Gasteiger partial charge in [0.2, 0.25) is 5.75 Å². The van der Waals surface area contributed by atoms with E-state index in [1.54, 1.807) is 12.3 Å². The molecule has 1 aromatic carbocycles. The fraction of sp³-hybridized carbons (Fsp3) is 0.286. The Hall–Kier alpha value is -2.79. The van der Waals surface area contributed by atoms with Gasteiger partial charge in [-0.1, -0.05) is 17.2 Å². The van der Waals surface area contributed by atoms with E-state index in [0.29, 0.717) is 23.3 Å². The Bertz CT molecular complexity index is 1030. The third-order valence-corrected chi connectivity index (χ3v) is 4.00. The van der Waals surface area contributed by atoms with Gasteiger partial charge in [-0.2, -0.15) is 0 Å². The highest BCUT2D eigenvalue weighted by molar-refractivity contribution is 5.99. The molecule has 1 unspecified atom stereocenters. The van der Waals surface area contributed by atoms with Crippen LogP contribution >= 0.6 is 0 Å². The van der Waals surface area contributed by atoms with Gasteiger partial charge in [-0.3, -0.25) is 0 Å². The van der Waals surface area contributed by atoms with E-state index in [0.717, 1.165) is 21.9 Å². The van der Waals surface area contributed by atoms with Crippen LogP contribution < -0.4 is 10.4 Å². The molecule has 2 heterocycles. The Labute approximate surface area is 151 Å². The molecule has 1 atom stereocenters. The SMILES string of the molecule is CC(C)=CC(O)C/C(C)=C/COc1c2occc2cc2ccc(=O)oc12. The van der Waals surface area contributed by atoms with Gasteiger partial charge in [-0.15, -0.1) is 0 Å². The molecule has 26 heavy (non-hydrogen) atoms. The van der Waals surface area contributed by atoms with Crippen LogP contribution in [-0.2, 0) is 0 Å². The van der Waals surface area contributed by atoms with Crippen LogP contribution in [0.3, 0.4) is 0 Å². The molecule has 0 aliphatic rings. The molecule has 3 rings (SSSR count). The van der Waals surface area contributed by atoms with Crippen molar-refractivity contribution >= 4 is 21.9 Å². The summed E-state index contributed by atoms with van der Waals surface area (Å²) in [7, 11) is 0. The molecule has 0 fully saturated rings. The fourth-order valence-electron chi connectivity index (χ4n) is 2.86. The van der Waals surface area contributed by atoms with Crippen molar-refractivity contribution in [2.75, 3.05) is 6.61 Å². The zero-order valence-electron chi connectivity index (χ0n) is 15.1. The molecular formula is C21H22O5. The Kier molecular flexibility index (Phi) is 5.28. The molecule has 5 nitrogen and oxygen atoms in total. The highest BCUT2D eigenvalue weighted by Crippen LogP contribution is 2.34. The van der Waals surface area contributed by atoms with Crippen molar-refractivity contribution in [1.82, 2.24) is 0 Å². The number of fused-ring (bicyclic) bond motifs is 2. The first-order chi connectivity index (χ1) is 12.4. The van der Waals surface area contributed by atoms with Crippen LogP contribution in [0.25, 0.3) is 21.9 Å². The molecule has 0 spiro atoms. The topological polar surface area (TPSA) is 72.8 Å². The molecule has 0 aliphatic heterocycles. The minimum Gasteiger partial charge on any atom is -0.482 e. The largest absolute Gasteiger partial charge is 0.482 e. The number of allylic oxidation sites excluding steroid dienone is 1. The zero-order valence-corrected chi connectivity index (χ0v) is 15.1. The Morgan fingerprint density at radius 3 is 2.73 bits per heavy atom. The van der Waals surface area contributed by atoms with Gasteiger partial charge in [0.25, 0.3) is 0 Å². The maximum atomic E-state index is 11.6. The van der Waals surface area contributed by atoms with Crippen LogP contribution in [0.5, 0.6) is 5.75 Å². The van der Waals surface area contributed by atoms with E-state index in [2.05, 4.69) is 0 Å². The maximum Gasteiger partial charge on any atom is 0.336 e. The predicted molar refractivity (Wildman–Crippen MR) is 102 cm³/mol. The number of aliphatic hydroxyl groups excluding tert-OH is 1. The van der Waals surface area contributed by atoms with E-state index in [1.807, 2.05) is 45.1 Å². The van der Waals surface area contributed by atoms with Gasteiger partial charge in [0.1, 0.15) is 6.61 Å². The summed E-state index contributed by atoms with van der Waals surface area (Å²) in [6.07, 6.45) is 5.32. The standard InChI is InChI=1S/C21H22O5/c1-13(2)10-17(22)11-14(3)6-8-25-21-19-16(7-9-24-19)12-15-4-5-18(23)26-20(15)21/h4-7,9-10,12,17,22H,8,11H2,1-3H3/b14-6+. The van der Waals surface area contributed by atoms with Gasteiger partial charge < -0.3 is 18.7 Å². The quantitative estimate of drug-likeness (QED) is 0.518. The Balaban J connectivity index is 1.84.